The summed E-state index contributed by atoms with van der Waals surface area (Å²) in [5.41, 5.74) is 1.77. The van der Waals surface area contributed by atoms with E-state index in [1.54, 1.807) is 0 Å². The first-order chi connectivity index (χ1) is 9.01. The van der Waals surface area contributed by atoms with E-state index in [0.717, 1.165) is 17.0 Å². The average Bonchev–Trinajstić information content (AvgIpc) is 2.73. The molecule has 1 fully saturated rings. The summed E-state index contributed by atoms with van der Waals surface area (Å²) >= 11 is 0. The summed E-state index contributed by atoms with van der Waals surface area (Å²) < 4.78 is 0. The molecule has 2 aliphatic heterocycles. The van der Waals surface area contributed by atoms with E-state index >= 15 is 0 Å². The fourth-order valence-electron chi connectivity index (χ4n) is 3.28. The fraction of sp³-hybridized carbons (Fsp3) is 0.688. The van der Waals surface area contributed by atoms with Crippen molar-refractivity contribution in [1.82, 2.24) is 5.32 Å². The van der Waals surface area contributed by atoms with E-state index in [1.165, 1.54) is 0 Å². The van der Waals surface area contributed by atoms with Crippen molar-refractivity contribution >= 4 is 11.6 Å². The number of nitriles is 1. The molecule has 1 amide bonds. The van der Waals surface area contributed by atoms with Gasteiger partial charge in [-0.05, 0) is 25.8 Å². The van der Waals surface area contributed by atoms with Crippen molar-refractivity contribution < 1.29 is 4.79 Å². The predicted octanol–water partition coefficient (Wildman–Crippen LogP) is 2.96. The first-order valence-electron chi connectivity index (χ1n) is 7.04. The molecule has 2 aliphatic rings. The summed E-state index contributed by atoms with van der Waals surface area (Å²) in [5.74, 6) is 0.0614. The minimum atomic E-state index is -0.654. The lowest BCUT2D eigenvalue weighted by Crippen LogP contribution is -2.27. The molecule has 0 aromatic rings. The maximum atomic E-state index is 11.9. The highest BCUT2D eigenvalue weighted by Crippen LogP contribution is 2.43. The van der Waals surface area contributed by atoms with Crippen LogP contribution >= 0.6 is 0 Å². The smallest absolute Gasteiger partial charge is 0.230 e. The second-order valence-electron chi connectivity index (χ2n) is 7.53. The zero-order valence-electron chi connectivity index (χ0n) is 13.2. The Morgan fingerprint density at radius 1 is 1.25 bits per heavy atom. The number of hydrogen-bond donors (Lipinski definition) is 1. The van der Waals surface area contributed by atoms with Crippen LogP contribution in [0.4, 0.5) is 0 Å². The Labute approximate surface area is 121 Å². The maximum absolute atomic E-state index is 11.9. The molecule has 0 bridgehead atoms. The second-order valence-corrected chi connectivity index (χ2v) is 7.53. The molecular weight excluding hydrogens is 250 g/mol. The van der Waals surface area contributed by atoms with Crippen LogP contribution in [0, 0.1) is 22.2 Å². The van der Waals surface area contributed by atoms with Gasteiger partial charge in [0.1, 0.15) is 5.54 Å². The normalized spacial score (nSPS) is 33.5. The lowest BCUT2D eigenvalue weighted by Gasteiger charge is -2.23. The SMILES string of the molecule is C/C(C1=NC(C)(C#N)CC1(C)C)=C1\CC(C)(C)C(=O)N1. The highest BCUT2D eigenvalue weighted by atomic mass is 16.2. The molecule has 108 valence electrons. The van der Waals surface area contributed by atoms with Crippen LogP contribution in [0.3, 0.4) is 0 Å². The van der Waals surface area contributed by atoms with Gasteiger partial charge in [-0.1, -0.05) is 27.7 Å². The first-order valence-corrected chi connectivity index (χ1v) is 7.04. The molecule has 0 aromatic carbocycles. The zero-order valence-corrected chi connectivity index (χ0v) is 13.2. The van der Waals surface area contributed by atoms with Crippen LogP contribution in [0.5, 0.6) is 0 Å². The largest absolute Gasteiger partial charge is 0.329 e. The number of amides is 1. The van der Waals surface area contributed by atoms with Gasteiger partial charge in [0.25, 0.3) is 0 Å². The van der Waals surface area contributed by atoms with Crippen LogP contribution in [0.1, 0.15) is 54.4 Å². The monoisotopic (exact) mass is 273 g/mol. The van der Waals surface area contributed by atoms with Crippen molar-refractivity contribution in [3.05, 3.63) is 11.3 Å². The number of carbonyl (C=O) groups is 1. The van der Waals surface area contributed by atoms with E-state index in [4.69, 9.17) is 0 Å². The van der Waals surface area contributed by atoms with Gasteiger partial charge in [-0.2, -0.15) is 5.26 Å². The molecule has 4 nitrogen and oxygen atoms in total. The highest BCUT2D eigenvalue weighted by Gasteiger charge is 2.45. The van der Waals surface area contributed by atoms with Gasteiger partial charge in [-0.3, -0.25) is 9.79 Å². The molecule has 1 atom stereocenters. The fourth-order valence-corrected chi connectivity index (χ4v) is 3.28. The molecule has 0 saturated carbocycles. The number of nitrogens with zero attached hydrogens (tertiary/aromatic N) is 2. The van der Waals surface area contributed by atoms with E-state index in [2.05, 4.69) is 30.2 Å². The van der Waals surface area contributed by atoms with Crippen molar-refractivity contribution in [2.45, 2.75) is 59.9 Å². The van der Waals surface area contributed by atoms with Crippen molar-refractivity contribution in [2.75, 3.05) is 0 Å². The standard InChI is InChI=1S/C16H23N3O/c1-10(11-7-14(2,3)13(20)18-11)12-15(4,5)8-16(6,9-17)19-12/h7-8H2,1-6H3,(H,18,20)/b11-10-. The third kappa shape index (κ3) is 2.26. The molecule has 0 radical (unpaired) electrons. The predicted molar refractivity (Wildman–Crippen MR) is 79.1 cm³/mol. The Morgan fingerprint density at radius 2 is 1.85 bits per heavy atom. The van der Waals surface area contributed by atoms with Crippen LogP contribution < -0.4 is 5.32 Å². The number of aliphatic imine (C=N–C) groups is 1. The van der Waals surface area contributed by atoms with Crippen LogP contribution in [-0.2, 0) is 4.79 Å². The molecule has 1 unspecified atom stereocenters. The summed E-state index contributed by atoms with van der Waals surface area (Å²) in [6, 6.07) is 2.30. The second kappa shape index (κ2) is 4.18. The van der Waals surface area contributed by atoms with Crippen LogP contribution in [0.2, 0.25) is 0 Å². The molecular formula is C16H23N3O. The lowest BCUT2D eigenvalue weighted by atomic mass is 9.78. The molecule has 2 heterocycles. The number of allylic oxidation sites excluding steroid dienone is 2. The van der Waals surface area contributed by atoms with Crippen molar-refractivity contribution in [3.8, 4) is 6.07 Å². The van der Waals surface area contributed by atoms with Gasteiger partial charge in [0, 0.05) is 28.7 Å². The number of carbonyl (C=O) groups excluding carboxylic acids is 1. The van der Waals surface area contributed by atoms with Crippen LogP contribution in [-0.4, -0.2) is 17.2 Å². The summed E-state index contributed by atoms with van der Waals surface area (Å²) in [5, 5.41) is 12.3. The first kappa shape index (κ1) is 14.8. The Morgan fingerprint density at radius 3 is 2.25 bits per heavy atom. The van der Waals surface area contributed by atoms with E-state index in [1.807, 2.05) is 27.7 Å². The van der Waals surface area contributed by atoms with Gasteiger partial charge in [0.15, 0.2) is 0 Å². The van der Waals surface area contributed by atoms with Crippen molar-refractivity contribution in [3.63, 3.8) is 0 Å². The lowest BCUT2D eigenvalue weighted by molar-refractivity contribution is -0.125. The molecule has 0 aliphatic carbocycles. The zero-order chi connectivity index (χ0) is 15.3. The van der Waals surface area contributed by atoms with E-state index < -0.39 is 5.54 Å². The van der Waals surface area contributed by atoms with Crippen molar-refractivity contribution in [1.29, 1.82) is 5.26 Å². The summed E-state index contributed by atoms with van der Waals surface area (Å²) in [6.07, 6.45) is 1.42. The van der Waals surface area contributed by atoms with E-state index in [-0.39, 0.29) is 16.7 Å². The Bertz CT molecular complexity index is 575. The number of nitrogens with one attached hydrogen (secondary N) is 1. The van der Waals surface area contributed by atoms with E-state index in [9.17, 15) is 10.1 Å². The quantitative estimate of drug-likeness (QED) is 0.798. The van der Waals surface area contributed by atoms with Gasteiger partial charge in [-0.25, -0.2) is 0 Å². The Kier molecular flexibility index (Phi) is 3.09. The van der Waals surface area contributed by atoms with E-state index in [0.29, 0.717) is 12.8 Å². The number of rotatable bonds is 1. The minimum absolute atomic E-state index is 0.0614. The molecule has 0 aromatic heterocycles. The van der Waals surface area contributed by atoms with Crippen LogP contribution in [0.15, 0.2) is 16.3 Å². The molecule has 0 spiro atoms. The average molecular weight is 273 g/mol. The minimum Gasteiger partial charge on any atom is -0.329 e. The Hall–Kier alpha value is -1.63. The highest BCUT2D eigenvalue weighted by molar-refractivity contribution is 6.06. The van der Waals surface area contributed by atoms with Gasteiger partial charge >= 0.3 is 0 Å². The molecule has 2 rings (SSSR count). The summed E-state index contributed by atoms with van der Waals surface area (Å²) in [7, 11) is 0. The number of hydrogen-bond acceptors (Lipinski definition) is 3. The van der Waals surface area contributed by atoms with Gasteiger partial charge in [-0.15, -0.1) is 0 Å². The molecule has 1 saturated heterocycles. The Balaban J connectivity index is 2.45. The summed E-state index contributed by atoms with van der Waals surface area (Å²) in [6.45, 7) is 12.0. The topological polar surface area (TPSA) is 65.2 Å². The molecule has 1 N–H and O–H groups in total. The van der Waals surface area contributed by atoms with Crippen molar-refractivity contribution in [2.24, 2.45) is 15.8 Å². The molecule has 4 heteroatoms. The maximum Gasteiger partial charge on any atom is 0.230 e. The van der Waals surface area contributed by atoms with Gasteiger partial charge < -0.3 is 5.32 Å². The third-order valence-electron chi connectivity index (χ3n) is 4.33. The van der Waals surface area contributed by atoms with Gasteiger partial charge in [0.05, 0.1) is 6.07 Å². The van der Waals surface area contributed by atoms with Gasteiger partial charge in [0.2, 0.25) is 5.91 Å². The third-order valence-corrected chi connectivity index (χ3v) is 4.33. The molecule has 20 heavy (non-hydrogen) atoms. The van der Waals surface area contributed by atoms with Crippen LogP contribution in [0.25, 0.3) is 0 Å². The summed E-state index contributed by atoms with van der Waals surface area (Å²) in [4.78, 5) is 16.6.